The zero-order valence-corrected chi connectivity index (χ0v) is 29.0. The fourth-order valence-electron chi connectivity index (χ4n) is 5.58. The molecule has 0 fully saturated rings. The highest BCUT2D eigenvalue weighted by Crippen LogP contribution is 2.36. The van der Waals surface area contributed by atoms with E-state index in [0.29, 0.717) is 0 Å². The molecular formula is C38H76O3. The van der Waals surface area contributed by atoms with Gasteiger partial charge in [0.1, 0.15) is 11.9 Å². The minimum atomic E-state index is -0.337. The Morgan fingerprint density at radius 2 is 0.780 bits per heavy atom. The normalized spacial score (nSPS) is 13.4. The number of hydrogen-bond acceptors (Lipinski definition) is 3. The third-order valence-electron chi connectivity index (χ3n) is 8.51. The van der Waals surface area contributed by atoms with E-state index in [2.05, 4.69) is 34.6 Å². The second-order valence-electron chi connectivity index (χ2n) is 12.6. The molecule has 0 aliphatic rings. The molecule has 3 nitrogen and oxygen atoms in total. The summed E-state index contributed by atoms with van der Waals surface area (Å²) in [6.07, 6.45) is 36.6. The molecule has 0 aliphatic carbocycles. The van der Waals surface area contributed by atoms with Gasteiger partial charge in [-0.25, -0.2) is 0 Å². The maximum Gasteiger partial charge on any atom is 0.162 e. The van der Waals surface area contributed by atoms with Gasteiger partial charge in [0.15, 0.2) is 5.76 Å². The SMILES string of the molecule is CCCCCCCCCCCCCC(CCCCCCCCCC)(OCCCC)/C(=C\OCCCC)OCCCC. The van der Waals surface area contributed by atoms with Gasteiger partial charge in [0, 0.05) is 6.61 Å². The van der Waals surface area contributed by atoms with E-state index in [4.69, 9.17) is 14.2 Å². The van der Waals surface area contributed by atoms with Gasteiger partial charge in [0.05, 0.1) is 13.2 Å². The highest BCUT2D eigenvalue weighted by Gasteiger charge is 2.37. The smallest absolute Gasteiger partial charge is 0.162 e. The van der Waals surface area contributed by atoms with E-state index < -0.39 is 0 Å². The molecule has 0 N–H and O–H groups in total. The lowest BCUT2D eigenvalue weighted by Crippen LogP contribution is -2.37. The van der Waals surface area contributed by atoms with Crippen molar-refractivity contribution in [2.24, 2.45) is 0 Å². The van der Waals surface area contributed by atoms with Crippen molar-refractivity contribution < 1.29 is 14.2 Å². The van der Waals surface area contributed by atoms with Gasteiger partial charge in [0.25, 0.3) is 0 Å². The Labute approximate surface area is 259 Å². The second-order valence-corrected chi connectivity index (χ2v) is 12.6. The molecule has 0 bridgehead atoms. The predicted molar refractivity (Wildman–Crippen MR) is 182 cm³/mol. The van der Waals surface area contributed by atoms with Crippen molar-refractivity contribution in [3.05, 3.63) is 12.0 Å². The molecule has 1 atom stereocenters. The first-order chi connectivity index (χ1) is 20.2. The maximum absolute atomic E-state index is 6.90. The molecule has 0 heterocycles. The van der Waals surface area contributed by atoms with Crippen molar-refractivity contribution in [2.45, 2.75) is 214 Å². The number of rotatable bonds is 34. The molecule has 246 valence electrons. The molecule has 0 radical (unpaired) electrons. The monoisotopic (exact) mass is 581 g/mol. The van der Waals surface area contributed by atoms with Crippen molar-refractivity contribution in [1.82, 2.24) is 0 Å². The van der Waals surface area contributed by atoms with Gasteiger partial charge >= 0.3 is 0 Å². The van der Waals surface area contributed by atoms with Gasteiger partial charge in [-0.3, -0.25) is 0 Å². The maximum atomic E-state index is 6.90. The summed E-state index contributed by atoms with van der Waals surface area (Å²) in [5, 5.41) is 0. The lowest BCUT2D eigenvalue weighted by atomic mass is 9.87. The molecule has 0 aromatic carbocycles. The average molecular weight is 581 g/mol. The summed E-state index contributed by atoms with van der Waals surface area (Å²) < 4.78 is 19.5. The van der Waals surface area contributed by atoms with Gasteiger partial charge < -0.3 is 14.2 Å². The summed E-state index contributed by atoms with van der Waals surface area (Å²) in [7, 11) is 0. The Morgan fingerprint density at radius 3 is 1.22 bits per heavy atom. The first-order valence-electron chi connectivity index (χ1n) is 18.8. The van der Waals surface area contributed by atoms with Crippen LogP contribution in [0.25, 0.3) is 0 Å². The van der Waals surface area contributed by atoms with Gasteiger partial charge in [0.2, 0.25) is 0 Å². The molecule has 0 saturated heterocycles. The minimum absolute atomic E-state index is 0.337. The molecule has 1 unspecified atom stereocenters. The van der Waals surface area contributed by atoms with E-state index in [-0.39, 0.29) is 5.60 Å². The first-order valence-corrected chi connectivity index (χ1v) is 18.8. The largest absolute Gasteiger partial charge is 0.498 e. The van der Waals surface area contributed by atoms with Crippen LogP contribution in [0.3, 0.4) is 0 Å². The summed E-state index contributed by atoms with van der Waals surface area (Å²) in [5.74, 6) is 0.980. The Bertz CT molecular complexity index is 532. The molecule has 41 heavy (non-hydrogen) atoms. The van der Waals surface area contributed by atoms with Crippen LogP contribution in [0.1, 0.15) is 208 Å². The third-order valence-corrected chi connectivity index (χ3v) is 8.51. The van der Waals surface area contributed by atoms with Gasteiger partial charge in [-0.15, -0.1) is 0 Å². The van der Waals surface area contributed by atoms with E-state index in [0.717, 1.165) is 76.9 Å². The van der Waals surface area contributed by atoms with Crippen molar-refractivity contribution in [3.63, 3.8) is 0 Å². The molecule has 0 aliphatic heterocycles. The highest BCUT2D eigenvalue weighted by molar-refractivity contribution is 5.09. The van der Waals surface area contributed by atoms with E-state index >= 15 is 0 Å². The molecule has 0 aromatic heterocycles. The molecule has 0 spiro atoms. The zero-order valence-electron chi connectivity index (χ0n) is 29.0. The van der Waals surface area contributed by atoms with Crippen molar-refractivity contribution in [2.75, 3.05) is 19.8 Å². The molecule has 3 heteroatoms. The summed E-state index contributed by atoms with van der Waals surface area (Å²) in [5.41, 5.74) is -0.337. The van der Waals surface area contributed by atoms with Crippen LogP contribution in [0.15, 0.2) is 12.0 Å². The molecule has 0 saturated carbocycles. The Balaban J connectivity index is 5.25. The molecular weight excluding hydrogens is 504 g/mol. The number of unbranched alkanes of at least 4 members (excludes halogenated alkanes) is 20. The highest BCUT2D eigenvalue weighted by atomic mass is 16.6. The van der Waals surface area contributed by atoms with Crippen molar-refractivity contribution >= 4 is 0 Å². The van der Waals surface area contributed by atoms with Crippen LogP contribution >= 0.6 is 0 Å². The first kappa shape index (κ1) is 40.3. The molecule has 0 amide bonds. The fraction of sp³-hybridized carbons (Fsp3) is 0.947. The summed E-state index contributed by atoms with van der Waals surface area (Å²) >= 11 is 0. The topological polar surface area (TPSA) is 27.7 Å². The van der Waals surface area contributed by atoms with E-state index in [9.17, 15) is 0 Å². The number of hydrogen-bond donors (Lipinski definition) is 0. The average Bonchev–Trinajstić information content (AvgIpc) is 2.98. The van der Waals surface area contributed by atoms with Crippen molar-refractivity contribution in [1.29, 1.82) is 0 Å². The summed E-state index contributed by atoms with van der Waals surface area (Å²) in [6, 6.07) is 0. The Morgan fingerprint density at radius 1 is 0.415 bits per heavy atom. The van der Waals surface area contributed by atoms with Crippen LogP contribution in [0.4, 0.5) is 0 Å². The summed E-state index contributed by atoms with van der Waals surface area (Å²) in [4.78, 5) is 0. The van der Waals surface area contributed by atoms with Gasteiger partial charge in [-0.05, 0) is 32.1 Å². The third kappa shape index (κ3) is 24.4. The Kier molecular flexibility index (Phi) is 31.7. The molecule has 0 aromatic rings. The Hall–Kier alpha value is -0.700. The van der Waals surface area contributed by atoms with Crippen LogP contribution in [0, 0.1) is 0 Å². The fourth-order valence-corrected chi connectivity index (χ4v) is 5.58. The zero-order chi connectivity index (χ0) is 30.1. The predicted octanol–water partition coefficient (Wildman–Crippen LogP) is 13.2. The van der Waals surface area contributed by atoms with Crippen LogP contribution in [-0.4, -0.2) is 25.4 Å². The minimum Gasteiger partial charge on any atom is -0.498 e. The lowest BCUT2D eigenvalue weighted by Gasteiger charge is -2.36. The van der Waals surface area contributed by atoms with Crippen LogP contribution in [-0.2, 0) is 14.2 Å². The number of ether oxygens (including phenoxy) is 3. The van der Waals surface area contributed by atoms with Crippen LogP contribution in [0.5, 0.6) is 0 Å². The van der Waals surface area contributed by atoms with E-state index in [1.165, 1.54) is 122 Å². The van der Waals surface area contributed by atoms with Crippen molar-refractivity contribution in [3.8, 4) is 0 Å². The van der Waals surface area contributed by atoms with Gasteiger partial charge in [-0.2, -0.15) is 0 Å². The summed E-state index contributed by atoms with van der Waals surface area (Å²) in [6.45, 7) is 13.7. The van der Waals surface area contributed by atoms with E-state index in [1.54, 1.807) is 0 Å². The lowest BCUT2D eigenvalue weighted by molar-refractivity contribution is -0.0747. The standard InChI is InChI=1S/C38H76O3/c1-6-11-16-18-20-22-23-24-26-28-30-32-38(41-35-15-10-5,31-29-27-25-21-19-17-12-7-2)37(40-34-14-9-4)36-39-33-13-8-3/h36H,6-35H2,1-5H3/b37-36+. The van der Waals surface area contributed by atoms with Crippen LogP contribution < -0.4 is 0 Å². The van der Waals surface area contributed by atoms with Crippen LogP contribution in [0.2, 0.25) is 0 Å². The quantitative estimate of drug-likeness (QED) is 0.0559. The van der Waals surface area contributed by atoms with Gasteiger partial charge in [-0.1, -0.05) is 176 Å². The second kappa shape index (κ2) is 32.2. The molecule has 0 rings (SSSR count). The van der Waals surface area contributed by atoms with E-state index in [1.807, 2.05) is 6.26 Å².